The Balaban J connectivity index is 1.65. The van der Waals surface area contributed by atoms with Crippen LogP contribution in [-0.4, -0.2) is 20.9 Å². The van der Waals surface area contributed by atoms with Crippen LogP contribution in [0.25, 0.3) is 5.82 Å². The monoisotopic (exact) mass is 372 g/mol. The van der Waals surface area contributed by atoms with E-state index >= 15 is 0 Å². The highest BCUT2D eigenvalue weighted by atomic mass is 79.9. The van der Waals surface area contributed by atoms with Crippen LogP contribution in [0.3, 0.4) is 0 Å². The lowest BCUT2D eigenvalue weighted by Crippen LogP contribution is -2.16. The van der Waals surface area contributed by atoms with Crippen molar-refractivity contribution in [3.8, 4) is 5.82 Å². The van der Waals surface area contributed by atoms with Crippen LogP contribution in [-0.2, 0) is 11.3 Å². The number of anilines is 1. The second-order valence-corrected chi connectivity index (χ2v) is 5.57. The Labute approximate surface area is 141 Å². The van der Waals surface area contributed by atoms with Crippen molar-refractivity contribution in [2.45, 2.75) is 6.61 Å². The van der Waals surface area contributed by atoms with E-state index in [4.69, 9.17) is 4.74 Å². The summed E-state index contributed by atoms with van der Waals surface area (Å²) in [5.74, 6) is 1.08. The second-order valence-electron chi connectivity index (χ2n) is 4.65. The van der Waals surface area contributed by atoms with E-state index in [0.717, 1.165) is 10.0 Å². The molecule has 0 aliphatic rings. The van der Waals surface area contributed by atoms with Gasteiger partial charge in [0.1, 0.15) is 12.4 Å². The van der Waals surface area contributed by atoms with E-state index in [9.17, 15) is 4.79 Å². The summed E-state index contributed by atoms with van der Waals surface area (Å²) in [6.45, 7) is 0.206. The number of halogens is 1. The van der Waals surface area contributed by atoms with E-state index in [2.05, 4.69) is 31.3 Å². The van der Waals surface area contributed by atoms with Gasteiger partial charge in [-0.1, -0.05) is 30.3 Å². The van der Waals surface area contributed by atoms with Crippen LogP contribution in [0.4, 0.5) is 10.6 Å². The number of ether oxygens (including phenoxy) is 1. The van der Waals surface area contributed by atoms with Gasteiger partial charge in [0.15, 0.2) is 5.82 Å². The number of aromatic nitrogens is 3. The fourth-order valence-electron chi connectivity index (χ4n) is 1.94. The van der Waals surface area contributed by atoms with E-state index in [1.165, 1.54) is 4.68 Å². The van der Waals surface area contributed by atoms with Crippen LogP contribution in [0.15, 0.2) is 65.4 Å². The highest BCUT2D eigenvalue weighted by Gasteiger charge is 2.10. The maximum absolute atomic E-state index is 11.9. The summed E-state index contributed by atoms with van der Waals surface area (Å²) in [5, 5.41) is 6.82. The average molecular weight is 373 g/mol. The van der Waals surface area contributed by atoms with Gasteiger partial charge in [-0.25, -0.2) is 9.78 Å². The van der Waals surface area contributed by atoms with Crippen LogP contribution >= 0.6 is 15.9 Å². The quantitative estimate of drug-likeness (QED) is 0.756. The molecule has 0 saturated heterocycles. The molecule has 0 atom stereocenters. The van der Waals surface area contributed by atoms with E-state index < -0.39 is 6.09 Å². The zero-order valence-electron chi connectivity index (χ0n) is 12.0. The van der Waals surface area contributed by atoms with Crippen LogP contribution < -0.4 is 5.32 Å². The predicted molar refractivity (Wildman–Crippen MR) is 89.3 cm³/mol. The molecule has 0 radical (unpaired) electrons. The lowest BCUT2D eigenvalue weighted by atomic mass is 10.2. The molecule has 1 amide bonds. The van der Waals surface area contributed by atoms with Crippen molar-refractivity contribution in [2.75, 3.05) is 5.32 Å². The number of carbonyl (C=O) groups excluding carboxylic acids is 1. The number of nitrogens with one attached hydrogen (secondary N) is 1. The smallest absolute Gasteiger partial charge is 0.413 e. The third kappa shape index (κ3) is 3.95. The topological polar surface area (TPSA) is 69.0 Å². The number of hydrogen-bond acceptors (Lipinski definition) is 4. The van der Waals surface area contributed by atoms with Gasteiger partial charge in [0.25, 0.3) is 0 Å². The normalized spacial score (nSPS) is 10.3. The Kier molecular flexibility index (Phi) is 4.68. The number of carbonyl (C=O) groups is 1. The summed E-state index contributed by atoms with van der Waals surface area (Å²) in [4.78, 5) is 16.2. The van der Waals surface area contributed by atoms with Gasteiger partial charge in [0, 0.05) is 16.7 Å². The lowest BCUT2D eigenvalue weighted by molar-refractivity contribution is 0.155. The van der Waals surface area contributed by atoms with Crippen LogP contribution in [0.1, 0.15) is 5.56 Å². The van der Waals surface area contributed by atoms with Crippen molar-refractivity contribution in [1.82, 2.24) is 14.8 Å². The van der Waals surface area contributed by atoms with Gasteiger partial charge in [-0.2, -0.15) is 9.78 Å². The van der Waals surface area contributed by atoms with Crippen LogP contribution in [0.2, 0.25) is 0 Å². The minimum atomic E-state index is -0.548. The molecule has 2 aromatic heterocycles. The van der Waals surface area contributed by atoms with E-state index in [-0.39, 0.29) is 6.61 Å². The van der Waals surface area contributed by atoms with Gasteiger partial charge in [-0.15, -0.1) is 0 Å². The molecule has 1 aromatic carbocycles. The van der Waals surface area contributed by atoms with Crippen molar-refractivity contribution in [3.05, 3.63) is 71.0 Å². The van der Waals surface area contributed by atoms with Gasteiger partial charge in [-0.3, -0.25) is 5.32 Å². The van der Waals surface area contributed by atoms with Gasteiger partial charge >= 0.3 is 6.09 Å². The number of nitrogens with zero attached hydrogens (tertiary/aromatic N) is 3. The van der Waals surface area contributed by atoms with Crippen molar-refractivity contribution in [1.29, 1.82) is 0 Å². The number of rotatable bonds is 4. The maximum Gasteiger partial charge on any atom is 0.413 e. The summed E-state index contributed by atoms with van der Waals surface area (Å²) < 4.78 is 7.58. The number of pyridine rings is 1. The summed E-state index contributed by atoms with van der Waals surface area (Å²) in [6.07, 6.45) is 2.69. The van der Waals surface area contributed by atoms with Crippen molar-refractivity contribution in [2.24, 2.45) is 0 Å². The minimum Gasteiger partial charge on any atom is -0.444 e. The molecule has 0 bridgehead atoms. The Bertz CT molecular complexity index is 787. The predicted octanol–water partition coefficient (Wildman–Crippen LogP) is 3.78. The molecule has 7 heteroatoms. The number of benzene rings is 1. The van der Waals surface area contributed by atoms with Gasteiger partial charge in [0.2, 0.25) is 0 Å². The fraction of sp³-hybridized carbons (Fsp3) is 0.0625. The molecule has 1 N–H and O–H groups in total. The molecule has 0 aliphatic heterocycles. The van der Waals surface area contributed by atoms with E-state index in [0.29, 0.717) is 11.6 Å². The zero-order chi connectivity index (χ0) is 16.1. The molecule has 3 aromatic rings. The van der Waals surface area contributed by atoms with Crippen molar-refractivity contribution in [3.63, 3.8) is 0 Å². The molecule has 0 spiro atoms. The first kappa shape index (κ1) is 15.2. The first-order chi connectivity index (χ1) is 11.2. The molecule has 6 nitrogen and oxygen atoms in total. The molecule has 0 fully saturated rings. The molecular formula is C16H13BrN4O2. The molecule has 0 aliphatic carbocycles. The van der Waals surface area contributed by atoms with Crippen molar-refractivity contribution < 1.29 is 9.53 Å². The van der Waals surface area contributed by atoms with E-state index in [1.54, 1.807) is 24.5 Å². The Morgan fingerprint density at radius 2 is 2.00 bits per heavy atom. The van der Waals surface area contributed by atoms with Gasteiger partial charge < -0.3 is 4.74 Å². The average Bonchev–Trinajstić information content (AvgIpc) is 3.03. The largest absolute Gasteiger partial charge is 0.444 e. The van der Waals surface area contributed by atoms with Gasteiger partial charge in [0.05, 0.1) is 6.20 Å². The lowest BCUT2D eigenvalue weighted by Gasteiger charge is -2.09. The molecule has 116 valence electrons. The summed E-state index contributed by atoms with van der Waals surface area (Å²) in [6, 6.07) is 14.8. The summed E-state index contributed by atoms with van der Waals surface area (Å²) >= 11 is 3.33. The zero-order valence-corrected chi connectivity index (χ0v) is 13.6. The first-order valence-electron chi connectivity index (χ1n) is 6.86. The van der Waals surface area contributed by atoms with Crippen LogP contribution in [0.5, 0.6) is 0 Å². The Hall–Kier alpha value is -2.67. The van der Waals surface area contributed by atoms with Crippen LogP contribution in [0, 0.1) is 0 Å². The fourth-order valence-corrected chi connectivity index (χ4v) is 2.17. The Morgan fingerprint density at radius 3 is 2.74 bits per heavy atom. The Morgan fingerprint density at radius 1 is 1.17 bits per heavy atom. The molecular weight excluding hydrogens is 360 g/mol. The molecule has 0 saturated carbocycles. The molecule has 3 rings (SSSR count). The molecule has 23 heavy (non-hydrogen) atoms. The first-order valence-corrected chi connectivity index (χ1v) is 7.65. The summed E-state index contributed by atoms with van der Waals surface area (Å²) in [7, 11) is 0. The SMILES string of the molecule is O=C(Nc1ccnn1-c1ccc(Br)cn1)OCc1ccccc1. The summed E-state index contributed by atoms with van der Waals surface area (Å²) in [5.41, 5.74) is 0.922. The minimum absolute atomic E-state index is 0.206. The van der Waals surface area contributed by atoms with Gasteiger partial charge in [-0.05, 0) is 33.6 Å². The second kappa shape index (κ2) is 7.06. The third-order valence-corrected chi connectivity index (χ3v) is 3.48. The number of hydrogen-bond donors (Lipinski definition) is 1. The maximum atomic E-state index is 11.9. The van der Waals surface area contributed by atoms with Crippen molar-refractivity contribution >= 4 is 27.8 Å². The molecule has 2 heterocycles. The highest BCUT2D eigenvalue weighted by Crippen LogP contribution is 2.15. The standard InChI is InChI=1S/C16H13BrN4O2/c17-13-6-7-14(18-10-13)21-15(8-9-19-21)20-16(22)23-11-12-4-2-1-3-5-12/h1-10H,11H2,(H,20,22). The number of amides is 1. The highest BCUT2D eigenvalue weighted by molar-refractivity contribution is 9.10. The van der Waals surface area contributed by atoms with E-state index in [1.807, 2.05) is 36.4 Å². The third-order valence-electron chi connectivity index (χ3n) is 3.01. The molecule has 0 unspecified atom stereocenters.